The van der Waals surface area contributed by atoms with E-state index in [0.29, 0.717) is 19.1 Å². The fraction of sp³-hybridized carbons (Fsp3) is 0.588. The molecule has 3 nitrogen and oxygen atoms in total. The molecule has 1 aromatic carbocycles. The summed E-state index contributed by atoms with van der Waals surface area (Å²) in [7, 11) is 0. The second-order valence-electron chi connectivity index (χ2n) is 6.38. The number of rotatable bonds is 3. The smallest absolute Gasteiger partial charge is 0.339 e. The van der Waals surface area contributed by atoms with Crippen LogP contribution >= 0.6 is 0 Å². The van der Waals surface area contributed by atoms with Gasteiger partial charge in [0.05, 0.1) is 12.0 Å². The summed E-state index contributed by atoms with van der Waals surface area (Å²) in [6.07, 6.45) is -0.933. The molecule has 0 saturated carbocycles. The molecule has 6 heteroatoms. The molecule has 0 aromatic heterocycles. The molecule has 0 atom stereocenters. The van der Waals surface area contributed by atoms with E-state index in [1.165, 1.54) is 31.4 Å². The standard InChI is InChI=1S/C17H21F3N2O/c18-17(19,20)15-7-3-2-6-13(15)10-16(23)22-11-14(12-22)21-8-4-1-5-9-21/h2-3,6-7,14H,1,4-5,8-12H2. The molecule has 0 bridgehead atoms. The van der Waals surface area contributed by atoms with Crippen LogP contribution in [0.15, 0.2) is 24.3 Å². The number of hydrogen-bond donors (Lipinski definition) is 0. The molecule has 3 rings (SSSR count). The van der Waals surface area contributed by atoms with E-state index >= 15 is 0 Å². The van der Waals surface area contributed by atoms with E-state index in [9.17, 15) is 18.0 Å². The lowest BCUT2D eigenvalue weighted by Crippen LogP contribution is -2.62. The summed E-state index contributed by atoms with van der Waals surface area (Å²) in [5.74, 6) is -0.213. The maximum absolute atomic E-state index is 13.0. The van der Waals surface area contributed by atoms with Crippen molar-refractivity contribution in [1.82, 2.24) is 9.80 Å². The average Bonchev–Trinajstić information content (AvgIpc) is 2.46. The van der Waals surface area contributed by atoms with Gasteiger partial charge < -0.3 is 4.90 Å². The number of likely N-dealkylation sites (tertiary alicyclic amines) is 2. The lowest BCUT2D eigenvalue weighted by molar-refractivity contribution is -0.140. The Morgan fingerprint density at radius 2 is 1.74 bits per heavy atom. The summed E-state index contributed by atoms with van der Waals surface area (Å²) in [5, 5.41) is 0. The molecule has 0 N–H and O–H groups in total. The fourth-order valence-corrected chi connectivity index (χ4v) is 3.40. The first-order valence-electron chi connectivity index (χ1n) is 8.12. The lowest BCUT2D eigenvalue weighted by Gasteiger charge is -2.46. The van der Waals surface area contributed by atoms with Gasteiger partial charge in [-0.05, 0) is 37.6 Å². The van der Waals surface area contributed by atoms with Crippen molar-refractivity contribution < 1.29 is 18.0 Å². The molecule has 2 aliphatic heterocycles. The highest BCUT2D eigenvalue weighted by Crippen LogP contribution is 2.32. The molecule has 0 unspecified atom stereocenters. The quantitative estimate of drug-likeness (QED) is 0.853. The number of halogens is 3. The van der Waals surface area contributed by atoms with Crippen molar-refractivity contribution in [2.75, 3.05) is 26.2 Å². The van der Waals surface area contributed by atoms with E-state index in [1.807, 2.05) is 0 Å². The summed E-state index contributed by atoms with van der Waals surface area (Å²) in [6.45, 7) is 3.44. The Kier molecular flexibility index (Phi) is 4.62. The van der Waals surface area contributed by atoms with Crippen molar-refractivity contribution in [2.45, 2.75) is 37.9 Å². The number of hydrogen-bond acceptors (Lipinski definition) is 2. The highest BCUT2D eigenvalue weighted by Gasteiger charge is 2.37. The summed E-state index contributed by atoms with van der Waals surface area (Å²) in [6, 6.07) is 5.71. The maximum Gasteiger partial charge on any atom is 0.416 e. The predicted molar refractivity (Wildman–Crippen MR) is 80.9 cm³/mol. The predicted octanol–water partition coefficient (Wildman–Crippen LogP) is 2.94. The van der Waals surface area contributed by atoms with Gasteiger partial charge in [0.25, 0.3) is 0 Å². The van der Waals surface area contributed by atoms with Gasteiger partial charge >= 0.3 is 6.18 Å². The van der Waals surface area contributed by atoms with Crippen LogP contribution in [0.1, 0.15) is 30.4 Å². The number of amides is 1. The Labute approximate surface area is 134 Å². The molecule has 0 spiro atoms. The molecule has 126 valence electrons. The van der Waals surface area contributed by atoms with Crippen LogP contribution in [-0.4, -0.2) is 47.9 Å². The minimum atomic E-state index is -4.41. The second kappa shape index (κ2) is 6.51. The molecule has 2 fully saturated rings. The molecule has 1 amide bonds. The first-order valence-corrected chi connectivity index (χ1v) is 8.12. The fourth-order valence-electron chi connectivity index (χ4n) is 3.40. The number of nitrogens with zero attached hydrogens (tertiary/aromatic N) is 2. The summed E-state index contributed by atoms with van der Waals surface area (Å²) < 4.78 is 38.9. The Balaban J connectivity index is 1.57. The van der Waals surface area contributed by atoms with Gasteiger partial charge in [-0.15, -0.1) is 0 Å². The molecular formula is C17H21F3N2O. The zero-order chi connectivity index (χ0) is 16.4. The second-order valence-corrected chi connectivity index (χ2v) is 6.38. The molecule has 1 aromatic rings. The number of carbonyl (C=O) groups excluding carboxylic acids is 1. The van der Waals surface area contributed by atoms with Crippen LogP contribution in [0.4, 0.5) is 13.2 Å². The molecule has 2 saturated heterocycles. The first-order chi connectivity index (χ1) is 10.9. The van der Waals surface area contributed by atoms with Gasteiger partial charge in [-0.2, -0.15) is 13.2 Å². The van der Waals surface area contributed by atoms with E-state index in [4.69, 9.17) is 0 Å². The van der Waals surface area contributed by atoms with Crippen LogP contribution in [0.2, 0.25) is 0 Å². The zero-order valence-electron chi connectivity index (χ0n) is 13.0. The Morgan fingerprint density at radius 1 is 1.09 bits per heavy atom. The third-order valence-corrected chi connectivity index (χ3v) is 4.79. The van der Waals surface area contributed by atoms with E-state index < -0.39 is 11.7 Å². The van der Waals surface area contributed by atoms with Gasteiger partial charge in [-0.3, -0.25) is 9.69 Å². The van der Waals surface area contributed by atoms with Crippen LogP contribution in [0.3, 0.4) is 0 Å². The largest absolute Gasteiger partial charge is 0.416 e. The van der Waals surface area contributed by atoms with Crippen molar-refractivity contribution in [3.8, 4) is 0 Å². The summed E-state index contributed by atoms with van der Waals surface area (Å²) in [4.78, 5) is 16.3. The van der Waals surface area contributed by atoms with E-state index in [1.54, 1.807) is 11.0 Å². The normalized spacial score (nSPS) is 20.4. The molecule has 0 aliphatic carbocycles. The highest BCUT2D eigenvalue weighted by molar-refractivity contribution is 5.80. The summed E-state index contributed by atoms with van der Waals surface area (Å²) >= 11 is 0. The Morgan fingerprint density at radius 3 is 2.39 bits per heavy atom. The number of benzene rings is 1. The third kappa shape index (κ3) is 3.68. The molecule has 23 heavy (non-hydrogen) atoms. The van der Waals surface area contributed by atoms with Crippen molar-refractivity contribution in [3.63, 3.8) is 0 Å². The molecular weight excluding hydrogens is 305 g/mol. The van der Waals surface area contributed by atoms with Crippen molar-refractivity contribution >= 4 is 5.91 Å². The van der Waals surface area contributed by atoms with Gasteiger partial charge in [-0.25, -0.2) is 0 Å². The van der Waals surface area contributed by atoms with Crippen LogP contribution in [0.25, 0.3) is 0 Å². The Bertz CT molecular complexity index is 561. The number of piperidine rings is 1. The first kappa shape index (κ1) is 16.3. The summed E-state index contributed by atoms with van der Waals surface area (Å²) in [5.41, 5.74) is -0.645. The van der Waals surface area contributed by atoms with Crippen molar-refractivity contribution in [1.29, 1.82) is 0 Å². The SMILES string of the molecule is O=C(Cc1ccccc1C(F)(F)F)N1CC(N2CCCCC2)C1. The van der Waals surface area contributed by atoms with Crippen LogP contribution in [0.5, 0.6) is 0 Å². The average molecular weight is 326 g/mol. The highest BCUT2D eigenvalue weighted by atomic mass is 19.4. The van der Waals surface area contributed by atoms with E-state index in [-0.39, 0.29) is 17.9 Å². The third-order valence-electron chi connectivity index (χ3n) is 4.79. The van der Waals surface area contributed by atoms with Crippen molar-refractivity contribution in [2.24, 2.45) is 0 Å². The van der Waals surface area contributed by atoms with Gasteiger partial charge in [0, 0.05) is 19.1 Å². The van der Waals surface area contributed by atoms with E-state index in [2.05, 4.69) is 4.90 Å². The van der Waals surface area contributed by atoms with Gasteiger partial charge in [0.15, 0.2) is 0 Å². The number of carbonyl (C=O) groups is 1. The molecule has 0 radical (unpaired) electrons. The van der Waals surface area contributed by atoms with Crippen molar-refractivity contribution in [3.05, 3.63) is 35.4 Å². The lowest BCUT2D eigenvalue weighted by atomic mass is 9.99. The molecule has 2 aliphatic rings. The van der Waals surface area contributed by atoms with Gasteiger partial charge in [0.2, 0.25) is 5.91 Å². The monoisotopic (exact) mass is 326 g/mol. The van der Waals surface area contributed by atoms with Crippen LogP contribution in [-0.2, 0) is 17.4 Å². The van der Waals surface area contributed by atoms with Gasteiger partial charge in [0.1, 0.15) is 0 Å². The number of alkyl halides is 3. The zero-order valence-corrected chi connectivity index (χ0v) is 13.0. The van der Waals surface area contributed by atoms with Gasteiger partial charge in [-0.1, -0.05) is 24.6 Å². The van der Waals surface area contributed by atoms with E-state index in [0.717, 1.165) is 19.2 Å². The minimum absolute atomic E-state index is 0.0615. The molecule has 2 heterocycles. The topological polar surface area (TPSA) is 23.6 Å². The van der Waals surface area contributed by atoms with Crippen LogP contribution in [0, 0.1) is 0 Å². The minimum Gasteiger partial charge on any atom is -0.339 e. The Hall–Kier alpha value is -1.56. The maximum atomic E-state index is 13.0. The van der Waals surface area contributed by atoms with Crippen LogP contribution < -0.4 is 0 Å².